The highest BCUT2D eigenvalue weighted by Gasteiger charge is 2.33. The van der Waals surface area contributed by atoms with Crippen LogP contribution in [-0.4, -0.2) is 59.7 Å². The van der Waals surface area contributed by atoms with Gasteiger partial charge in [-0.05, 0) is 49.7 Å². The molecule has 1 unspecified atom stereocenters. The van der Waals surface area contributed by atoms with Crippen molar-refractivity contribution in [2.24, 2.45) is 4.99 Å². The van der Waals surface area contributed by atoms with E-state index in [1.165, 1.54) is 23.5 Å². The quantitative estimate of drug-likeness (QED) is 0.640. The molecule has 0 saturated heterocycles. The van der Waals surface area contributed by atoms with Crippen molar-refractivity contribution in [3.63, 3.8) is 0 Å². The SMILES string of the molecule is O=C(O)CC1C(=O)N(CC(=O)NCCCC2=NCCCCC2)CCc2ccccc21. The topological polar surface area (TPSA) is 99.1 Å². The van der Waals surface area contributed by atoms with Gasteiger partial charge in [-0.3, -0.25) is 19.4 Å². The molecular formula is C23H31N3O4. The molecule has 0 aliphatic carbocycles. The molecule has 2 aliphatic rings. The van der Waals surface area contributed by atoms with E-state index in [1.54, 1.807) is 0 Å². The lowest BCUT2D eigenvalue weighted by atomic mass is 9.91. The summed E-state index contributed by atoms with van der Waals surface area (Å²) in [5.41, 5.74) is 2.99. The summed E-state index contributed by atoms with van der Waals surface area (Å²) in [4.78, 5) is 42.9. The van der Waals surface area contributed by atoms with Gasteiger partial charge in [-0.2, -0.15) is 0 Å². The fraction of sp³-hybridized carbons (Fsp3) is 0.565. The van der Waals surface area contributed by atoms with Crippen molar-refractivity contribution in [1.29, 1.82) is 0 Å². The summed E-state index contributed by atoms with van der Waals surface area (Å²) in [7, 11) is 0. The third-order valence-electron chi connectivity index (χ3n) is 5.83. The van der Waals surface area contributed by atoms with E-state index in [2.05, 4.69) is 10.3 Å². The second kappa shape index (κ2) is 10.9. The predicted molar refractivity (Wildman–Crippen MR) is 115 cm³/mol. The van der Waals surface area contributed by atoms with Crippen LogP contribution in [0, 0.1) is 0 Å². The number of amides is 2. The van der Waals surface area contributed by atoms with Gasteiger partial charge in [0.15, 0.2) is 0 Å². The zero-order valence-corrected chi connectivity index (χ0v) is 17.4. The Morgan fingerprint density at radius 3 is 2.83 bits per heavy atom. The van der Waals surface area contributed by atoms with Gasteiger partial charge in [0.1, 0.15) is 0 Å². The molecule has 7 heteroatoms. The standard InChI is InChI=1S/C23H31N3O4/c27-21(25-13-6-9-18-8-2-1-5-12-24-18)16-26-14-11-17-7-3-4-10-19(17)20(23(26)30)15-22(28)29/h3-4,7,10,20H,1-2,5-6,8-9,11-16H2,(H,25,27)(H,28,29). The lowest BCUT2D eigenvalue weighted by molar-refractivity contribution is -0.143. The van der Waals surface area contributed by atoms with E-state index < -0.39 is 11.9 Å². The number of aliphatic imine (C=N–C) groups is 1. The number of carbonyl (C=O) groups is 3. The monoisotopic (exact) mass is 413 g/mol. The molecule has 1 aromatic rings. The van der Waals surface area contributed by atoms with E-state index >= 15 is 0 Å². The van der Waals surface area contributed by atoms with Crippen molar-refractivity contribution < 1.29 is 19.5 Å². The maximum Gasteiger partial charge on any atom is 0.304 e. The van der Waals surface area contributed by atoms with Crippen molar-refractivity contribution in [2.75, 3.05) is 26.2 Å². The third kappa shape index (κ3) is 6.15. The number of aliphatic carboxylic acids is 1. The number of rotatable bonds is 8. The lowest BCUT2D eigenvalue weighted by Gasteiger charge is -2.23. The molecule has 0 fully saturated rings. The normalized spacial score (nSPS) is 19.3. The molecule has 7 nitrogen and oxygen atoms in total. The number of carboxylic acids is 1. The fourth-order valence-corrected chi connectivity index (χ4v) is 4.24. The number of carbonyl (C=O) groups excluding carboxylic acids is 2. The molecular weight excluding hydrogens is 382 g/mol. The van der Waals surface area contributed by atoms with Crippen LogP contribution in [0.4, 0.5) is 0 Å². The minimum absolute atomic E-state index is 0.0378. The fourth-order valence-electron chi connectivity index (χ4n) is 4.24. The van der Waals surface area contributed by atoms with Gasteiger partial charge in [0.05, 0.1) is 18.9 Å². The van der Waals surface area contributed by atoms with Gasteiger partial charge in [-0.25, -0.2) is 0 Å². The van der Waals surface area contributed by atoms with Gasteiger partial charge in [0.2, 0.25) is 11.8 Å². The summed E-state index contributed by atoms with van der Waals surface area (Å²) in [6, 6.07) is 7.46. The molecule has 0 aromatic heterocycles. The van der Waals surface area contributed by atoms with E-state index in [9.17, 15) is 19.5 Å². The first-order chi connectivity index (χ1) is 14.5. The zero-order valence-electron chi connectivity index (χ0n) is 17.4. The van der Waals surface area contributed by atoms with Crippen LogP contribution in [0.25, 0.3) is 0 Å². The Balaban J connectivity index is 1.52. The Morgan fingerprint density at radius 1 is 1.17 bits per heavy atom. The highest BCUT2D eigenvalue weighted by molar-refractivity contribution is 5.91. The van der Waals surface area contributed by atoms with Gasteiger partial charge in [-0.1, -0.05) is 30.7 Å². The van der Waals surface area contributed by atoms with Crippen LogP contribution in [0.5, 0.6) is 0 Å². The Bertz CT molecular complexity index is 805. The van der Waals surface area contributed by atoms with E-state index in [0.717, 1.165) is 43.4 Å². The van der Waals surface area contributed by atoms with Crippen LogP contribution in [-0.2, 0) is 20.8 Å². The van der Waals surface area contributed by atoms with Crippen LogP contribution in [0.1, 0.15) is 62.0 Å². The number of nitrogens with one attached hydrogen (secondary N) is 1. The molecule has 2 aliphatic heterocycles. The number of benzene rings is 1. The summed E-state index contributed by atoms with van der Waals surface area (Å²) in [5, 5.41) is 12.2. The van der Waals surface area contributed by atoms with Crippen molar-refractivity contribution in [3.8, 4) is 0 Å². The summed E-state index contributed by atoms with van der Waals surface area (Å²) in [6.45, 7) is 1.84. The van der Waals surface area contributed by atoms with Crippen LogP contribution < -0.4 is 5.32 Å². The van der Waals surface area contributed by atoms with E-state index in [0.29, 0.717) is 19.5 Å². The molecule has 0 radical (unpaired) electrons. The molecule has 0 spiro atoms. The first kappa shape index (κ1) is 22.0. The summed E-state index contributed by atoms with van der Waals surface area (Å²) in [5.74, 6) is -2.25. The molecule has 1 atom stereocenters. The van der Waals surface area contributed by atoms with Crippen LogP contribution in [0.2, 0.25) is 0 Å². The van der Waals surface area contributed by atoms with Gasteiger partial charge < -0.3 is 15.3 Å². The van der Waals surface area contributed by atoms with E-state index in [-0.39, 0.29) is 24.8 Å². The Morgan fingerprint density at radius 2 is 2.00 bits per heavy atom. The maximum absolute atomic E-state index is 13.0. The highest BCUT2D eigenvalue weighted by Crippen LogP contribution is 2.29. The summed E-state index contributed by atoms with van der Waals surface area (Å²) < 4.78 is 0. The minimum atomic E-state index is -1.02. The summed E-state index contributed by atoms with van der Waals surface area (Å²) in [6.07, 6.45) is 6.74. The molecule has 2 heterocycles. The number of nitrogens with zero attached hydrogens (tertiary/aromatic N) is 2. The smallest absolute Gasteiger partial charge is 0.304 e. The predicted octanol–water partition coefficient (Wildman–Crippen LogP) is 2.54. The number of fused-ring (bicyclic) bond motifs is 1. The molecule has 1 aromatic carbocycles. The van der Waals surface area contributed by atoms with Crippen molar-refractivity contribution in [1.82, 2.24) is 10.2 Å². The van der Waals surface area contributed by atoms with E-state index in [1.807, 2.05) is 24.3 Å². The van der Waals surface area contributed by atoms with Gasteiger partial charge in [0.25, 0.3) is 0 Å². The summed E-state index contributed by atoms with van der Waals surface area (Å²) >= 11 is 0. The Labute approximate surface area is 177 Å². The van der Waals surface area contributed by atoms with Crippen LogP contribution in [0.3, 0.4) is 0 Å². The number of carboxylic acid groups (broad SMARTS) is 1. The molecule has 30 heavy (non-hydrogen) atoms. The van der Waals surface area contributed by atoms with Gasteiger partial charge in [-0.15, -0.1) is 0 Å². The number of hydrogen-bond donors (Lipinski definition) is 2. The van der Waals surface area contributed by atoms with Gasteiger partial charge >= 0.3 is 5.97 Å². The first-order valence-corrected chi connectivity index (χ1v) is 10.9. The van der Waals surface area contributed by atoms with Crippen LogP contribution >= 0.6 is 0 Å². The molecule has 0 saturated carbocycles. The first-order valence-electron chi connectivity index (χ1n) is 10.9. The highest BCUT2D eigenvalue weighted by atomic mass is 16.4. The Hall–Kier alpha value is -2.70. The molecule has 2 amide bonds. The minimum Gasteiger partial charge on any atom is -0.481 e. The maximum atomic E-state index is 13.0. The van der Waals surface area contributed by atoms with Crippen molar-refractivity contribution >= 4 is 23.5 Å². The molecule has 162 valence electrons. The van der Waals surface area contributed by atoms with Crippen molar-refractivity contribution in [3.05, 3.63) is 35.4 Å². The van der Waals surface area contributed by atoms with Gasteiger partial charge in [0, 0.05) is 25.3 Å². The van der Waals surface area contributed by atoms with Crippen molar-refractivity contribution in [2.45, 2.75) is 57.3 Å². The average Bonchev–Trinajstić information content (AvgIpc) is 3.06. The van der Waals surface area contributed by atoms with E-state index in [4.69, 9.17) is 0 Å². The Kier molecular flexibility index (Phi) is 7.99. The molecule has 3 rings (SSSR count). The average molecular weight is 414 g/mol. The zero-order chi connectivity index (χ0) is 21.3. The second-order valence-corrected chi connectivity index (χ2v) is 8.07. The number of hydrogen-bond acceptors (Lipinski definition) is 4. The van der Waals surface area contributed by atoms with Crippen LogP contribution in [0.15, 0.2) is 29.3 Å². The molecule has 0 bridgehead atoms. The second-order valence-electron chi connectivity index (χ2n) is 8.07. The molecule has 2 N–H and O–H groups in total. The third-order valence-corrected chi connectivity index (χ3v) is 5.83. The largest absolute Gasteiger partial charge is 0.481 e. The lowest BCUT2D eigenvalue weighted by Crippen LogP contribution is -2.43.